The lowest BCUT2D eigenvalue weighted by Crippen LogP contribution is -2.15. The number of carbonyl (C=O) groups excluding carboxylic acids is 1. The molecule has 0 aliphatic carbocycles. The Morgan fingerprint density at radius 3 is 2.52 bits per heavy atom. The number of rotatable bonds is 4. The molecule has 118 valence electrons. The predicted octanol–water partition coefficient (Wildman–Crippen LogP) is 2.73. The third-order valence-corrected chi connectivity index (χ3v) is 5.22. The Balaban J connectivity index is 1.73. The molecular formula is C16H14N2O3S2. The Hall–Kier alpha value is -2.22. The fourth-order valence-electron chi connectivity index (χ4n) is 2.32. The van der Waals surface area contributed by atoms with E-state index in [9.17, 15) is 13.2 Å². The highest BCUT2D eigenvalue weighted by Gasteiger charge is 2.10. The van der Waals surface area contributed by atoms with Crippen LogP contribution in [0.15, 0.2) is 58.8 Å². The first-order valence-electron chi connectivity index (χ1n) is 6.81. The largest absolute Gasteiger partial charge is 0.326 e. The van der Waals surface area contributed by atoms with Crippen LogP contribution in [0, 0.1) is 0 Å². The summed E-state index contributed by atoms with van der Waals surface area (Å²) in [4.78, 5) is 12.2. The topological polar surface area (TPSA) is 89.3 Å². The standard InChI is InChI=1S/C16H14N2O3S2/c17-23(20,21)13-6-4-12(5-7-13)18-16(19)10-11-2-1-3-15-14(11)8-9-22-15/h1-9H,10H2,(H,18,19)(H2,17,20,21). The molecule has 1 heterocycles. The van der Waals surface area contributed by atoms with Crippen molar-refractivity contribution in [1.29, 1.82) is 0 Å². The molecule has 23 heavy (non-hydrogen) atoms. The lowest BCUT2D eigenvalue weighted by atomic mass is 10.1. The van der Waals surface area contributed by atoms with Crippen molar-refractivity contribution >= 4 is 43.0 Å². The van der Waals surface area contributed by atoms with Gasteiger partial charge in [-0.05, 0) is 52.7 Å². The molecule has 7 heteroatoms. The van der Waals surface area contributed by atoms with Crippen LogP contribution < -0.4 is 10.5 Å². The maximum absolute atomic E-state index is 12.2. The second-order valence-corrected chi connectivity index (χ2v) is 7.55. The molecule has 0 saturated carbocycles. The molecule has 5 nitrogen and oxygen atoms in total. The van der Waals surface area contributed by atoms with E-state index in [0.717, 1.165) is 15.6 Å². The van der Waals surface area contributed by atoms with Gasteiger partial charge < -0.3 is 5.32 Å². The molecule has 3 aromatic rings. The molecule has 2 aromatic carbocycles. The molecule has 0 spiro atoms. The van der Waals surface area contributed by atoms with E-state index in [0.29, 0.717) is 5.69 Å². The summed E-state index contributed by atoms with van der Waals surface area (Å²) in [6, 6.07) is 13.7. The van der Waals surface area contributed by atoms with Gasteiger partial charge in [-0.3, -0.25) is 4.79 Å². The second-order valence-electron chi connectivity index (χ2n) is 5.04. The number of hydrogen-bond donors (Lipinski definition) is 2. The predicted molar refractivity (Wildman–Crippen MR) is 92.0 cm³/mol. The minimum absolute atomic E-state index is 0.0125. The lowest BCUT2D eigenvalue weighted by Gasteiger charge is -2.07. The molecule has 0 radical (unpaired) electrons. The molecular weight excluding hydrogens is 332 g/mol. The molecule has 0 aliphatic heterocycles. The molecule has 0 atom stereocenters. The minimum atomic E-state index is -3.73. The molecule has 0 saturated heterocycles. The first kappa shape index (κ1) is 15.7. The number of thiophene rings is 1. The normalized spacial score (nSPS) is 11.5. The van der Waals surface area contributed by atoms with Crippen LogP contribution in [0.1, 0.15) is 5.56 Å². The Kier molecular flexibility index (Phi) is 4.16. The quantitative estimate of drug-likeness (QED) is 0.761. The van der Waals surface area contributed by atoms with Crippen LogP contribution in [0.3, 0.4) is 0 Å². The van der Waals surface area contributed by atoms with Gasteiger partial charge in [-0.15, -0.1) is 11.3 Å². The number of nitrogens with two attached hydrogens (primary N) is 1. The fraction of sp³-hybridized carbons (Fsp3) is 0.0625. The van der Waals surface area contributed by atoms with Crippen molar-refractivity contribution in [2.75, 3.05) is 5.32 Å². The average Bonchev–Trinajstić information content (AvgIpc) is 2.96. The summed E-state index contributed by atoms with van der Waals surface area (Å²) in [5, 5.41) is 10.9. The Bertz CT molecular complexity index is 960. The summed E-state index contributed by atoms with van der Waals surface area (Å²) in [5.74, 6) is -0.160. The number of hydrogen-bond acceptors (Lipinski definition) is 4. The minimum Gasteiger partial charge on any atom is -0.326 e. The second kappa shape index (κ2) is 6.11. The van der Waals surface area contributed by atoms with Gasteiger partial charge in [0, 0.05) is 10.4 Å². The molecule has 3 N–H and O–H groups in total. The van der Waals surface area contributed by atoms with E-state index >= 15 is 0 Å². The Labute approximate surface area is 137 Å². The maximum Gasteiger partial charge on any atom is 0.238 e. The molecule has 1 aromatic heterocycles. The molecule has 0 aliphatic rings. The van der Waals surface area contributed by atoms with Crippen LogP contribution in [-0.4, -0.2) is 14.3 Å². The number of fused-ring (bicyclic) bond motifs is 1. The van der Waals surface area contributed by atoms with Gasteiger partial charge in [0.25, 0.3) is 0 Å². The summed E-state index contributed by atoms with van der Waals surface area (Å²) >= 11 is 1.64. The molecule has 1 amide bonds. The van der Waals surface area contributed by atoms with Crippen LogP contribution in [0.25, 0.3) is 10.1 Å². The number of benzene rings is 2. The number of carbonyl (C=O) groups is 1. The highest BCUT2D eigenvalue weighted by Crippen LogP contribution is 2.24. The van der Waals surface area contributed by atoms with Crippen molar-refractivity contribution in [3.63, 3.8) is 0 Å². The van der Waals surface area contributed by atoms with Crippen molar-refractivity contribution in [2.24, 2.45) is 5.14 Å². The molecule has 3 rings (SSSR count). The lowest BCUT2D eigenvalue weighted by molar-refractivity contribution is -0.115. The van der Waals surface area contributed by atoms with E-state index in [2.05, 4.69) is 5.32 Å². The third-order valence-electron chi connectivity index (χ3n) is 3.40. The van der Waals surface area contributed by atoms with E-state index in [1.54, 1.807) is 11.3 Å². The van der Waals surface area contributed by atoms with Crippen LogP contribution in [0.5, 0.6) is 0 Å². The van der Waals surface area contributed by atoms with E-state index < -0.39 is 10.0 Å². The van der Waals surface area contributed by atoms with Crippen molar-refractivity contribution < 1.29 is 13.2 Å². The van der Waals surface area contributed by atoms with Crippen LogP contribution in [-0.2, 0) is 21.2 Å². The first-order valence-corrected chi connectivity index (χ1v) is 9.24. The van der Waals surface area contributed by atoms with Gasteiger partial charge in [0.1, 0.15) is 0 Å². The fourth-order valence-corrected chi connectivity index (χ4v) is 3.67. The number of primary sulfonamides is 1. The average molecular weight is 346 g/mol. The number of nitrogens with one attached hydrogen (secondary N) is 1. The van der Waals surface area contributed by atoms with Crippen LogP contribution >= 0.6 is 11.3 Å². The third kappa shape index (κ3) is 3.58. The zero-order chi connectivity index (χ0) is 16.4. The smallest absolute Gasteiger partial charge is 0.238 e. The Morgan fingerprint density at radius 1 is 1.09 bits per heavy atom. The maximum atomic E-state index is 12.2. The van der Waals surface area contributed by atoms with Crippen molar-refractivity contribution in [3.8, 4) is 0 Å². The zero-order valence-electron chi connectivity index (χ0n) is 12.0. The summed E-state index contributed by atoms with van der Waals surface area (Å²) in [6.07, 6.45) is 0.255. The number of sulfonamides is 1. The van der Waals surface area contributed by atoms with Gasteiger partial charge in [0.2, 0.25) is 15.9 Å². The summed E-state index contributed by atoms with van der Waals surface area (Å²) < 4.78 is 23.5. The van der Waals surface area contributed by atoms with E-state index in [-0.39, 0.29) is 17.2 Å². The van der Waals surface area contributed by atoms with Crippen molar-refractivity contribution in [3.05, 3.63) is 59.5 Å². The van der Waals surface area contributed by atoms with E-state index in [4.69, 9.17) is 5.14 Å². The molecule has 0 fully saturated rings. The highest BCUT2D eigenvalue weighted by atomic mass is 32.2. The van der Waals surface area contributed by atoms with Crippen molar-refractivity contribution in [1.82, 2.24) is 0 Å². The van der Waals surface area contributed by atoms with Crippen LogP contribution in [0.2, 0.25) is 0 Å². The summed E-state index contributed by atoms with van der Waals surface area (Å²) in [6.45, 7) is 0. The number of amides is 1. The van der Waals surface area contributed by atoms with Gasteiger partial charge in [0.15, 0.2) is 0 Å². The first-order chi connectivity index (χ1) is 10.9. The number of anilines is 1. The van der Waals surface area contributed by atoms with E-state index in [1.165, 1.54) is 24.3 Å². The monoisotopic (exact) mass is 346 g/mol. The van der Waals surface area contributed by atoms with Gasteiger partial charge >= 0.3 is 0 Å². The van der Waals surface area contributed by atoms with Gasteiger partial charge in [-0.25, -0.2) is 13.6 Å². The van der Waals surface area contributed by atoms with E-state index in [1.807, 2.05) is 29.6 Å². The molecule has 0 unspecified atom stereocenters. The zero-order valence-corrected chi connectivity index (χ0v) is 13.7. The van der Waals surface area contributed by atoms with Gasteiger partial charge in [0.05, 0.1) is 11.3 Å². The van der Waals surface area contributed by atoms with Gasteiger partial charge in [-0.2, -0.15) is 0 Å². The summed E-state index contributed by atoms with van der Waals surface area (Å²) in [7, 11) is -3.73. The molecule has 0 bridgehead atoms. The van der Waals surface area contributed by atoms with Gasteiger partial charge in [-0.1, -0.05) is 12.1 Å². The summed E-state index contributed by atoms with van der Waals surface area (Å²) in [5.41, 5.74) is 1.49. The van der Waals surface area contributed by atoms with Crippen molar-refractivity contribution in [2.45, 2.75) is 11.3 Å². The SMILES string of the molecule is NS(=O)(=O)c1ccc(NC(=O)Cc2cccc3sccc23)cc1. The Morgan fingerprint density at radius 2 is 1.83 bits per heavy atom. The van der Waals surface area contributed by atoms with Crippen LogP contribution in [0.4, 0.5) is 5.69 Å². The highest BCUT2D eigenvalue weighted by molar-refractivity contribution is 7.89.